The van der Waals surface area contributed by atoms with E-state index in [-0.39, 0.29) is 5.75 Å². The van der Waals surface area contributed by atoms with Crippen LogP contribution >= 0.6 is 0 Å². The molecule has 4 nitrogen and oxygen atoms in total. The van der Waals surface area contributed by atoms with Gasteiger partial charge in [0.05, 0.1) is 17.1 Å². The molecule has 0 aliphatic heterocycles. The molecular formula is C12H13N3O. The highest BCUT2D eigenvalue weighted by molar-refractivity contribution is 5.44. The third kappa shape index (κ3) is 1.78. The average molecular weight is 215 g/mol. The summed E-state index contributed by atoms with van der Waals surface area (Å²) in [5.41, 5.74) is 2.91. The van der Waals surface area contributed by atoms with Gasteiger partial charge in [-0.2, -0.15) is 15.0 Å². The first-order valence-electron chi connectivity index (χ1n) is 5.13. The van der Waals surface area contributed by atoms with E-state index >= 15 is 0 Å². The molecule has 1 aromatic heterocycles. The fourth-order valence-electron chi connectivity index (χ4n) is 1.51. The molecule has 0 spiro atoms. The van der Waals surface area contributed by atoms with Crippen LogP contribution in [0.25, 0.3) is 5.69 Å². The number of phenolic OH excluding ortho intramolecular Hbond substituents is 1. The van der Waals surface area contributed by atoms with Crippen LogP contribution in [0, 0.1) is 13.8 Å². The van der Waals surface area contributed by atoms with E-state index in [1.165, 1.54) is 4.80 Å². The first-order valence-corrected chi connectivity index (χ1v) is 5.13. The molecule has 1 N–H and O–H groups in total. The number of aromatic nitrogens is 3. The Balaban J connectivity index is 2.46. The maximum Gasteiger partial charge on any atom is 0.121 e. The molecule has 2 rings (SSSR count). The van der Waals surface area contributed by atoms with Gasteiger partial charge in [0, 0.05) is 13.0 Å². The molecular weight excluding hydrogens is 202 g/mol. The highest BCUT2D eigenvalue weighted by atomic mass is 16.3. The minimum atomic E-state index is 0.0468. The number of aromatic hydroxyl groups is 1. The lowest BCUT2D eigenvalue weighted by Gasteiger charge is -2.02. The Morgan fingerprint density at radius 1 is 1.38 bits per heavy atom. The minimum absolute atomic E-state index is 0.0468. The quantitative estimate of drug-likeness (QED) is 0.832. The molecule has 2 radical (unpaired) electrons. The van der Waals surface area contributed by atoms with Gasteiger partial charge >= 0.3 is 0 Å². The number of hydrogen-bond donors (Lipinski definition) is 1. The number of aryl methyl sites for hydroxylation is 2. The number of nitrogens with zero attached hydrogens (tertiary/aromatic N) is 3. The SMILES string of the molecule is [CH]c1ccc(-n2nc(C)c(CC)n2)cc1O. The molecule has 16 heavy (non-hydrogen) atoms. The third-order valence-electron chi connectivity index (χ3n) is 2.46. The van der Waals surface area contributed by atoms with Gasteiger partial charge in [0.15, 0.2) is 0 Å². The number of hydrogen-bond acceptors (Lipinski definition) is 3. The Bertz CT molecular complexity index is 517. The molecule has 0 fully saturated rings. The maximum atomic E-state index is 9.50. The molecule has 0 aliphatic rings. The van der Waals surface area contributed by atoms with Crippen LogP contribution in [0.5, 0.6) is 5.75 Å². The smallest absolute Gasteiger partial charge is 0.121 e. The molecule has 0 aliphatic carbocycles. The highest BCUT2D eigenvalue weighted by Gasteiger charge is 2.07. The molecule has 0 amide bonds. The van der Waals surface area contributed by atoms with Gasteiger partial charge in [0.1, 0.15) is 5.75 Å². The van der Waals surface area contributed by atoms with Crippen molar-refractivity contribution >= 4 is 0 Å². The second kappa shape index (κ2) is 3.96. The summed E-state index contributed by atoms with van der Waals surface area (Å²) in [6.07, 6.45) is 0.840. The van der Waals surface area contributed by atoms with Gasteiger partial charge in [0.2, 0.25) is 0 Å². The van der Waals surface area contributed by atoms with Gasteiger partial charge in [0.25, 0.3) is 0 Å². The van der Waals surface area contributed by atoms with Crippen molar-refractivity contribution in [3.8, 4) is 11.4 Å². The molecule has 0 saturated carbocycles. The van der Waals surface area contributed by atoms with E-state index in [0.29, 0.717) is 11.3 Å². The summed E-state index contributed by atoms with van der Waals surface area (Å²) in [4.78, 5) is 1.51. The predicted octanol–water partition coefficient (Wildman–Crippen LogP) is 1.90. The molecule has 0 saturated heterocycles. The molecule has 1 heterocycles. The molecule has 82 valence electrons. The van der Waals surface area contributed by atoms with Crippen LogP contribution in [0.15, 0.2) is 18.2 Å². The van der Waals surface area contributed by atoms with Gasteiger partial charge in [-0.25, -0.2) is 0 Å². The van der Waals surface area contributed by atoms with Crippen molar-refractivity contribution in [2.75, 3.05) is 0 Å². The monoisotopic (exact) mass is 215 g/mol. The number of benzene rings is 1. The molecule has 0 unspecified atom stereocenters. The van der Waals surface area contributed by atoms with Crippen molar-refractivity contribution in [2.24, 2.45) is 0 Å². The summed E-state index contributed by atoms with van der Waals surface area (Å²) >= 11 is 0. The molecule has 0 bridgehead atoms. The minimum Gasteiger partial charge on any atom is -0.508 e. The second-order valence-corrected chi connectivity index (χ2v) is 3.62. The Hall–Kier alpha value is -1.84. The van der Waals surface area contributed by atoms with E-state index in [1.807, 2.05) is 13.8 Å². The van der Waals surface area contributed by atoms with E-state index in [0.717, 1.165) is 17.8 Å². The highest BCUT2D eigenvalue weighted by Crippen LogP contribution is 2.19. The number of rotatable bonds is 2. The topological polar surface area (TPSA) is 50.9 Å². The van der Waals surface area contributed by atoms with Gasteiger partial charge in [-0.15, -0.1) is 0 Å². The summed E-state index contributed by atoms with van der Waals surface area (Å²) < 4.78 is 0. The van der Waals surface area contributed by atoms with Crippen molar-refractivity contribution in [1.82, 2.24) is 15.0 Å². The van der Waals surface area contributed by atoms with Gasteiger partial charge in [-0.05, 0) is 25.0 Å². The predicted molar refractivity (Wildman–Crippen MR) is 60.5 cm³/mol. The van der Waals surface area contributed by atoms with Crippen LogP contribution in [-0.2, 0) is 6.42 Å². The fraction of sp³-hybridized carbons (Fsp3) is 0.250. The van der Waals surface area contributed by atoms with Crippen LogP contribution in [0.2, 0.25) is 0 Å². The zero-order valence-corrected chi connectivity index (χ0v) is 9.31. The lowest BCUT2D eigenvalue weighted by Crippen LogP contribution is -1.99. The van der Waals surface area contributed by atoms with Crippen molar-refractivity contribution in [2.45, 2.75) is 20.3 Å². The van der Waals surface area contributed by atoms with E-state index in [9.17, 15) is 5.11 Å². The average Bonchev–Trinajstić information content (AvgIpc) is 2.64. The zero-order chi connectivity index (χ0) is 11.7. The lowest BCUT2D eigenvalue weighted by atomic mass is 10.2. The summed E-state index contributed by atoms with van der Waals surface area (Å²) in [6.45, 7) is 9.47. The van der Waals surface area contributed by atoms with Crippen molar-refractivity contribution in [3.05, 3.63) is 42.1 Å². The molecule has 1 aromatic carbocycles. The van der Waals surface area contributed by atoms with Crippen LogP contribution < -0.4 is 0 Å². The second-order valence-electron chi connectivity index (χ2n) is 3.62. The summed E-state index contributed by atoms with van der Waals surface area (Å²) in [5, 5.41) is 18.1. The Morgan fingerprint density at radius 3 is 2.69 bits per heavy atom. The summed E-state index contributed by atoms with van der Waals surface area (Å²) in [6, 6.07) is 4.96. The van der Waals surface area contributed by atoms with Crippen LogP contribution in [-0.4, -0.2) is 20.1 Å². The van der Waals surface area contributed by atoms with E-state index in [4.69, 9.17) is 6.92 Å². The van der Waals surface area contributed by atoms with E-state index in [1.54, 1.807) is 18.2 Å². The van der Waals surface area contributed by atoms with Crippen LogP contribution in [0.3, 0.4) is 0 Å². The Labute approximate surface area is 94.5 Å². The third-order valence-corrected chi connectivity index (χ3v) is 2.46. The van der Waals surface area contributed by atoms with Crippen LogP contribution in [0.1, 0.15) is 23.9 Å². The van der Waals surface area contributed by atoms with E-state index in [2.05, 4.69) is 10.2 Å². The molecule has 4 heteroatoms. The molecule has 0 atom stereocenters. The maximum absolute atomic E-state index is 9.50. The van der Waals surface area contributed by atoms with Gasteiger partial charge in [-0.1, -0.05) is 13.0 Å². The Morgan fingerprint density at radius 2 is 2.12 bits per heavy atom. The van der Waals surface area contributed by atoms with Gasteiger partial charge < -0.3 is 5.11 Å². The number of phenols is 1. The normalized spacial score (nSPS) is 10.7. The van der Waals surface area contributed by atoms with Crippen LogP contribution in [0.4, 0.5) is 0 Å². The van der Waals surface area contributed by atoms with Crippen molar-refractivity contribution in [1.29, 1.82) is 0 Å². The Kier molecular flexibility index (Phi) is 2.64. The lowest BCUT2D eigenvalue weighted by molar-refractivity contribution is 0.472. The fourth-order valence-corrected chi connectivity index (χ4v) is 1.51. The largest absolute Gasteiger partial charge is 0.508 e. The van der Waals surface area contributed by atoms with E-state index < -0.39 is 0 Å². The summed E-state index contributed by atoms with van der Waals surface area (Å²) in [5.74, 6) is 0.0468. The first kappa shape index (κ1) is 10.7. The first-order chi connectivity index (χ1) is 7.61. The summed E-state index contributed by atoms with van der Waals surface area (Å²) in [7, 11) is 0. The standard InChI is InChI=1S/C12H13N3O/c1-4-11-9(3)13-15(14-11)10-6-5-8(2)12(16)7-10/h2,5-7,16H,4H2,1,3H3. The van der Waals surface area contributed by atoms with Gasteiger partial charge in [-0.3, -0.25) is 0 Å². The van der Waals surface area contributed by atoms with Crippen molar-refractivity contribution < 1.29 is 5.11 Å². The van der Waals surface area contributed by atoms with Crippen molar-refractivity contribution in [3.63, 3.8) is 0 Å². The zero-order valence-electron chi connectivity index (χ0n) is 9.31. The molecule has 2 aromatic rings.